The summed E-state index contributed by atoms with van der Waals surface area (Å²) in [6.07, 6.45) is 19.8. The molecule has 0 bridgehead atoms. The molecular formula is C16H31. The molecule has 0 saturated carbocycles. The smallest absolute Gasteiger partial charge is 0.0386 e. The van der Waals surface area contributed by atoms with Gasteiger partial charge in [-0.15, -0.1) is 0 Å². The third kappa shape index (κ3) is 14.0. The Morgan fingerprint density at radius 2 is 0.938 bits per heavy atom. The zero-order valence-electron chi connectivity index (χ0n) is 11.2. The maximum Gasteiger partial charge on any atom is -0.0386 e. The molecular weight excluding hydrogens is 192 g/mol. The minimum absolute atomic E-state index is 1.09. The highest BCUT2D eigenvalue weighted by Gasteiger charge is 1.93. The Balaban J connectivity index is 2.83. The molecule has 0 amide bonds. The minimum Gasteiger partial charge on any atom is -0.0533 e. The van der Waals surface area contributed by atoms with E-state index in [4.69, 9.17) is 0 Å². The van der Waals surface area contributed by atoms with Gasteiger partial charge in [-0.1, -0.05) is 97.3 Å². The Morgan fingerprint density at radius 3 is 1.50 bits per heavy atom. The number of hydrogen-bond donors (Lipinski definition) is 0. The Hall–Kier alpha value is 0. The zero-order chi connectivity index (χ0) is 11.9. The summed E-state index contributed by atoms with van der Waals surface area (Å²) in [4.78, 5) is 0. The van der Waals surface area contributed by atoms with E-state index >= 15 is 0 Å². The monoisotopic (exact) mass is 223 g/mol. The number of unbranched alkanes of at least 4 members (excludes halogenated alkanes) is 13. The van der Waals surface area contributed by atoms with Crippen LogP contribution in [0.3, 0.4) is 0 Å². The van der Waals surface area contributed by atoms with Gasteiger partial charge in [0.05, 0.1) is 0 Å². The first kappa shape index (κ1) is 16.0. The summed E-state index contributed by atoms with van der Waals surface area (Å²) in [7, 11) is 0. The molecule has 0 aliphatic carbocycles. The lowest BCUT2D eigenvalue weighted by atomic mass is 10.0. The molecule has 0 rings (SSSR count). The van der Waals surface area contributed by atoms with Crippen molar-refractivity contribution in [3.63, 3.8) is 0 Å². The lowest BCUT2D eigenvalue weighted by Crippen LogP contribution is -1.83. The SMILES string of the molecule is [CH2]CCC[CH]CCCCCCCCCC[CH2]. The van der Waals surface area contributed by atoms with Crippen molar-refractivity contribution in [3.8, 4) is 0 Å². The molecule has 95 valence electrons. The van der Waals surface area contributed by atoms with Crippen LogP contribution in [0.15, 0.2) is 0 Å². The van der Waals surface area contributed by atoms with Gasteiger partial charge in [0, 0.05) is 0 Å². The van der Waals surface area contributed by atoms with Gasteiger partial charge in [-0.25, -0.2) is 0 Å². The molecule has 0 N–H and O–H groups in total. The van der Waals surface area contributed by atoms with Crippen molar-refractivity contribution < 1.29 is 0 Å². The normalized spacial score (nSPS) is 10.9. The summed E-state index contributed by atoms with van der Waals surface area (Å²) in [6, 6.07) is 0. The topological polar surface area (TPSA) is 0 Å². The summed E-state index contributed by atoms with van der Waals surface area (Å²) in [6.45, 7) is 7.72. The fraction of sp³-hybridized carbons (Fsp3) is 0.812. The molecule has 0 atom stereocenters. The maximum atomic E-state index is 3.87. The van der Waals surface area contributed by atoms with E-state index in [9.17, 15) is 0 Å². The van der Waals surface area contributed by atoms with Crippen molar-refractivity contribution in [2.45, 2.75) is 83.5 Å². The van der Waals surface area contributed by atoms with Crippen molar-refractivity contribution in [1.29, 1.82) is 0 Å². The van der Waals surface area contributed by atoms with Crippen LogP contribution < -0.4 is 0 Å². The molecule has 0 aromatic rings. The van der Waals surface area contributed by atoms with Gasteiger partial charge in [-0.2, -0.15) is 0 Å². The summed E-state index contributed by atoms with van der Waals surface area (Å²) in [5.41, 5.74) is 0. The standard InChI is InChI=1S/C16H31/c1-3-5-7-9-11-13-15-16-14-12-10-8-6-4-2/h9H,1-8,10-16H2. The molecule has 0 heterocycles. The fourth-order valence-corrected chi connectivity index (χ4v) is 1.96. The van der Waals surface area contributed by atoms with Crippen LogP contribution in [0.2, 0.25) is 0 Å². The zero-order valence-corrected chi connectivity index (χ0v) is 11.2. The Morgan fingerprint density at radius 1 is 0.500 bits per heavy atom. The van der Waals surface area contributed by atoms with E-state index in [1.165, 1.54) is 70.6 Å². The summed E-state index contributed by atoms with van der Waals surface area (Å²) in [5.74, 6) is 0. The Bertz CT molecular complexity index is 92.6. The first-order chi connectivity index (χ1) is 7.91. The van der Waals surface area contributed by atoms with Crippen molar-refractivity contribution in [1.82, 2.24) is 0 Å². The summed E-state index contributed by atoms with van der Waals surface area (Å²) in [5, 5.41) is 0. The first-order valence-corrected chi connectivity index (χ1v) is 7.32. The van der Waals surface area contributed by atoms with Gasteiger partial charge in [0.2, 0.25) is 0 Å². The minimum atomic E-state index is 1.09. The van der Waals surface area contributed by atoms with Crippen LogP contribution in [0.25, 0.3) is 0 Å². The van der Waals surface area contributed by atoms with Crippen LogP contribution in [-0.2, 0) is 0 Å². The van der Waals surface area contributed by atoms with Gasteiger partial charge in [-0.3, -0.25) is 0 Å². The van der Waals surface area contributed by atoms with Crippen LogP contribution in [0.1, 0.15) is 83.5 Å². The average molecular weight is 223 g/mol. The van der Waals surface area contributed by atoms with E-state index in [2.05, 4.69) is 20.3 Å². The Kier molecular flexibility index (Phi) is 15.0. The molecule has 0 aliphatic heterocycles. The Labute approximate surface area is 104 Å². The molecule has 3 radical (unpaired) electrons. The van der Waals surface area contributed by atoms with E-state index in [1.54, 1.807) is 0 Å². The van der Waals surface area contributed by atoms with Crippen LogP contribution in [0.5, 0.6) is 0 Å². The molecule has 0 saturated heterocycles. The molecule has 0 fully saturated rings. The summed E-state index contributed by atoms with van der Waals surface area (Å²) >= 11 is 0. The van der Waals surface area contributed by atoms with E-state index < -0.39 is 0 Å². The van der Waals surface area contributed by atoms with Gasteiger partial charge < -0.3 is 0 Å². The molecule has 0 aromatic carbocycles. The second-order valence-corrected chi connectivity index (χ2v) is 4.76. The van der Waals surface area contributed by atoms with Gasteiger partial charge in [0.1, 0.15) is 0 Å². The molecule has 0 spiro atoms. The van der Waals surface area contributed by atoms with Gasteiger partial charge in [0.25, 0.3) is 0 Å². The van der Waals surface area contributed by atoms with E-state index in [1.807, 2.05) is 0 Å². The molecule has 0 nitrogen and oxygen atoms in total. The van der Waals surface area contributed by atoms with Crippen LogP contribution in [-0.4, -0.2) is 0 Å². The summed E-state index contributed by atoms with van der Waals surface area (Å²) < 4.78 is 0. The van der Waals surface area contributed by atoms with Gasteiger partial charge in [0.15, 0.2) is 0 Å². The highest BCUT2D eigenvalue weighted by atomic mass is 14.0. The van der Waals surface area contributed by atoms with Crippen molar-refractivity contribution >= 4 is 0 Å². The van der Waals surface area contributed by atoms with Crippen molar-refractivity contribution in [2.75, 3.05) is 0 Å². The maximum absolute atomic E-state index is 3.87. The van der Waals surface area contributed by atoms with Crippen molar-refractivity contribution in [2.24, 2.45) is 0 Å². The molecule has 0 aliphatic rings. The number of hydrogen-bond acceptors (Lipinski definition) is 0. The predicted octanol–water partition coefficient (Wildman–Crippen LogP) is 5.93. The van der Waals surface area contributed by atoms with Crippen LogP contribution in [0, 0.1) is 20.3 Å². The molecule has 0 unspecified atom stereocenters. The average Bonchev–Trinajstić information content (AvgIpc) is 2.31. The third-order valence-corrected chi connectivity index (χ3v) is 3.07. The highest BCUT2D eigenvalue weighted by molar-refractivity contribution is 4.64. The van der Waals surface area contributed by atoms with Crippen LogP contribution in [0.4, 0.5) is 0 Å². The first-order valence-electron chi connectivity index (χ1n) is 7.32. The predicted molar refractivity (Wildman–Crippen MR) is 75.0 cm³/mol. The van der Waals surface area contributed by atoms with E-state index in [0.29, 0.717) is 0 Å². The molecule has 0 heteroatoms. The fourth-order valence-electron chi connectivity index (χ4n) is 1.96. The van der Waals surface area contributed by atoms with Crippen LogP contribution >= 0.6 is 0 Å². The lowest BCUT2D eigenvalue weighted by Gasteiger charge is -2.02. The van der Waals surface area contributed by atoms with Crippen molar-refractivity contribution in [3.05, 3.63) is 20.3 Å². The number of rotatable bonds is 13. The third-order valence-electron chi connectivity index (χ3n) is 3.07. The van der Waals surface area contributed by atoms with E-state index in [-0.39, 0.29) is 0 Å². The van der Waals surface area contributed by atoms with E-state index in [0.717, 1.165) is 12.8 Å². The lowest BCUT2D eigenvalue weighted by molar-refractivity contribution is 0.565. The highest BCUT2D eigenvalue weighted by Crippen LogP contribution is 2.12. The largest absolute Gasteiger partial charge is 0.0533 e. The van der Waals surface area contributed by atoms with Gasteiger partial charge >= 0.3 is 0 Å². The second kappa shape index (κ2) is 15.0. The second-order valence-electron chi connectivity index (χ2n) is 4.76. The molecule has 16 heavy (non-hydrogen) atoms. The molecule has 0 aromatic heterocycles. The van der Waals surface area contributed by atoms with Gasteiger partial charge in [-0.05, 0) is 6.42 Å². The quantitative estimate of drug-likeness (QED) is 0.339.